The van der Waals surface area contributed by atoms with E-state index in [1.165, 1.54) is 128 Å². The van der Waals surface area contributed by atoms with Crippen LogP contribution >= 0.6 is 123 Å². The predicted molar refractivity (Wildman–Crippen MR) is 508 cm³/mol. The Hall–Kier alpha value is -11.3. The number of benzene rings is 12. The van der Waals surface area contributed by atoms with Crippen LogP contribution in [0.25, 0.3) is 61.6 Å². The fourth-order valence-electron chi connectivity index (χ4n) is 10.7. The summed E-state index contributed by atoms with van der Waals surface area (Å²) < 4.78 is 124. The Balaban J connectivity index is 0.000000179. The Bertz CT molecular complexity index is 6040. The van der Waals surface area contributed by atoms with Crippen LogP contribution in [0.1, 0.15) is 54.1 Å². The maximum absolute atomic E-state index is 13.1. The van der Waals surface area contributed by atoms with Crippen molar-refractivity contribution in [2.24, 2.45) is 0 Å². The molecule has 0 radical (unpaired) electrons. The summed E-state index contributed by atoms with van der Waals surface area (Å²) in [4.78, 5) is 36.7. The molecule has 15 rings (SSSR count). The zero-order valence-corrected chi connectivity index (χ0v) is 77.9. The normalized spacial score (nSPS) is 9.95. The number of hydrogen-bond acceptors (Lipinski definition) is 14. The van der Waals surface area contributed by atoms with Gasteiger partial charge in [0.05, 0.1) is 72.9 Å². The molecule has 628 valence electrons. The Morgan fingerprint density at radius 1 is 0.382 bits per heavy atom. The SMILES string of the molecule is C#Cc1ccc(F)cc1.CNC(=O)c1c(-c2ccc(F)cc2)sc2ccc(OC)cc12.COC(=O)Cl.COC(=O)c1c(-c2ccc(F)cc2)sc2ccc(OC)cc12.COc1ccc(Br)c(C#Cc2ccc(F)cc2)c1.COc1ccc(Br)c(I)c1.COc1ccc(C)c(C#Cc2ccc(F)cc2)c1.COc1ccc2sc(-c3ccc(F)cc3)c(I)c2c1. The second-order valence-corrected chi connectivity index (χ2v) is 32.4. The van der Waals surface area contributed by atoms with E-state index in [9.17, 15) is 40.7 Å². The Morgan fingerprint density at radius 3 is 1.09 bits per heavy atom. The molecule has 1 amide bonds. The van der Waals surface area contributed by atoms with Crippen molar-refractivity contribution in [3.05, 3.63) is 350 Å². The Labute approximate surface area is 769 Å². The van der Waals surface area contributed by atoms with Gasteiger partial charge in [0.2, 0.25) is 0 Å². The van der Waals surface area contributed by atoms with Gasteiger partial charge in [0.15, 0.2) is 0 Å². The van der Waals surface area contributed by atoms with Gasteiger partial charge in [-0.25, -0.2) is 35.9 Å². The number of fused-ring (bicyclic) bond motifs is 3. The topological polar surface area (TPSA) is 137 Å². The average Bonchev–Trinajstić information content (AvgIpc) is 1.65. The van der Waals surface area contributed by atoms with E-state index >= 15 is 0 Å². The molecule has 123 heavy (non-hydrogen) atoms. The number of aryl methyl sites for hydroxylation is 1. The molecule has 0 aliphatic carbocycles. The number of halogens is 11. The minimum absolute atomic E-state index is 0.168. The standard InChI is InChI=1S/C17H14FNO2S.C17H13FO3S.C16H13FO.C15H10BrFO.C15H10FIOS.C8H5F.C7H6BrIO.C2H3ClO2/c1-19-17(20)15-13-9-12(21-2)7-8-14(13)22-16(15)10-3-5-11(18)6-4-10;1-20-12-7-8-14-13(9-12)15(17(19)21-2)16(22-14)10-3-5-11(18)6-4-10;1-12-3-10-16(18-2)11-14(12)7-4-13-5-8-15(17)9-6-13;1-18-14-8-9-15(16)12(10-14)5-2-11-3-6-13(17)7-4-11;1-18-11-6-7-13-12(8-11)14(17)15(19-13)9-2-4-10(16)5-3-9;1-2-7-3-5-8(9)6-4-7;1-10-5-2-3-6(8)7(9)4-5;1-5-2(3)4/h3-9H,1-2H3,(H,19,20);3-9H,1-2H3;3,5-6,8-11H,1-2H3;3-4,6-10H,1H3;2-8H,1H3;1,3-6H;2-4H,1H3;1H3. The lowest BCUT2D eigenvalue weighted by molar-refractivity contribution is 0.0604. The summed E-state index contributed by atoms with van der Waals surface area (Å²) in [6.45, 7) is 1.99. The highest BCUT2D eigenvalue weighted by Crippen LogP contribution is 2.44. The van der Waals surface area contributed by atoms with Crippen molar-refractivity contribution in [3.63, 3.8) is 0 Å². The quantitative estimate of drug-likeness (QED) is 0.0436. The number of methoxy groups -OCH3 is 8. The first-order valence-corrected chi connectivity index (χ1v) is 42.8. The summed E-state index contributed by atoms with van der Waals surface area (Å²) in [7, 11) is 13.9. The van der Waals surface area contributed by atoms with Gasteiger partial charge in [-0.05, 0) is 319 Å². The lowest BCUT2D eigenvalue weighted by Gasteiger charge is -2.04. The maximum atomic E-state index is 13.1. The van der Waals surface area contributed by atoms with Crippen LogP contribution in [0, 0.1) is 85.0 Å². The molecular weight excluding hydrogens is 2010 g/mol. The number of carbonyl (C=O) groups excluding carboxylic acids is 3. The number of carbonyl (C=O) groups is 3. The van der Waals surface area contributed by atoms with Crippen molar-refractivity contribution in [2.45, 2.75) is 6.92 Å². The van der Waals surface area contributed by atoms with Gasteiger partial charge in [-0.3, -0.25) is 4.79 Å². The molecule has 3 aromatic heterocycles. The van der Waals surface area contributed by atoms with Crippen LogP contribution in [0.3, 0.4) is 0 Å². The summed E-state index contributed by atoms with van der Waals surface area (Å²) in [5.41, 5.74) is 8.04. The Kier molecular flexibility index (Phi) is 38.8. The van der Waals surface area contributed by atoms with Crippen molar-refractivity contribution in [1.29, 1.82) is 0 Å². The molecule has 0 unspecified atom stereocenters. The van der Waals surface area contributed by atoms with Crippen LogP contribution in [0.5, 0.6) is 34.5 Å². The van der Waals surface area contributed by atoms with E-state index in [2.05, 4.69) is 134 Å². The fourth-order valence-corrected chi connectivity index (χ4v) is 16.5. The zero-order chi connectivity index (χ0) is 89.2. The molecule has 12 nitrogen and oxygen atoms in total. The van der Waals surface area contributed by atoms with Crippen LogP contribution < -0.4 is 33.7 Å². The Morgan fingerprint density at radius 2 is 0.699 bits per heavy atom. The van der Waals surface area contributed by atoms with Crippen molar-refractivity contribution in [3.8, 4) is 102 Å². The molecule has 0 bridgehead atoms. The number of esters is 1. The number of thiophene rings is 3. The zero-order valence-electron chi connectivity index (χ0n) is 67.2. The molecule has 3 heterocycles. The first-order chi connectivity index (χ1) is 59.2. The second kappa shape index (κ2) is 49.1. The number of rotatable bonds is 11. The van der Waals surface area contributed by atoms with E-state index in [1.54, 1.807) is 122 Å². The maximum Gasteiger partial charge on any atom is 0.403 e. The van der Waals surface area contributed by atoms with E-state index in [-0.39, 0.29) is 40.8 Å². The van der Waals surface area contributed by atoms with E-state index in [1.807, 2.05) is 122 Å². The number of nitrogens with one attached hydrogen (secondary N) is 1. The molecule has 0 saturated carbocycles. The molecule has 0 spiro atoms. The highest BCUT2D eigenvalue weighted by Gasteiger charge is 2.23. The van der Waals surface area contributed by atoms with Gasteiger partial charge in [-0.2, -0.15) is 0 Å². The number of ether oxygens (including phenoxy) is 8. The predicted octanol–water partition coefficient (Wildman–Crippen LogP) is 27.3. The van der Waals surface area contributed by atoms with Crippen LogP contribution in [0.4, 0.5) is 31.1 Å². The first-order valence-electron chi connectivity index (χ1n) is 36.2. The van der Waals surface area contributed by atoms with Gasteiger partial charge in [-0.1, -0.05) is 72.1 Å². The van der Waals surface area contributed by atoms with Gasteiger partial charge in [0.25, 0.3) is 5.91 Å². The molecule has 0 atom stereocenters. The third-order valence-electron chi connectivity index (χ3n) is 17.1. The van der Waals surface area contributed by atoms with E-state index in [0.29, 0.717) is 28.2 Å². The number of terminal acetylenes is 1. The van der Waals surface area contributed by atoms with Gasteiger partial charge in [-0.15, -0.1) is 40.4 Å². The van der Waals surface area contributed by atoms with Gasteiger partial charge in [0.1, 0.15) is 69.4 Å². The second-order valence-electron chi connectivity index (χ2n) is 24.9. The summed E-state index contributed by atoms with van der Waals surface area (Å²) in [6.07, 6.45) is 5.03. The minimum Gasteiger partial charge on any atom is -0.497 e. The number of amides is 1. The van der Waals surface area contributed by atoms with Crippen molar-refractivity contribution >= 4 is 170 Å². The monoisotopic (exact) mass is 2090 g/mol. The van der Waals surface area contributed by atoms with Crippen LogP contribution in [-0.2, 0) is 9.47 Å². The molecule has 0 saturated heterocycles. The van der Waals surface area contributed by atoms with E-state index in [4.69, 9.17) is 39.6 Å². The largest absolute Gasteiger partial charge is 0.497 e. The highest BCUT2D eigenvalue weighted by atomic mass is 127. The van der Waals surface area contributed by atoms with Crippen LogP contribution in [-0.4, -0.2) is 81.2 Å². The summed E-state index contributed by atoms with van der Waals surface area (Å²) in [6, 6.07) is 71.4. The summed E-state index contributed by atoms with van der Waals surface area (Å²) in [5, 5.41) is 5.47. The molecule has 15 aromatic rings. The molecular formula is C97H74Br2ClF6I2NO11S3. The van der Waals surface area contributed by atoms with Gasteiger partial charge in [0, 0.05) is 103 Å². The van der Waals surface area contributed by atoms with Gasteiger partial charge < -0.3 is 43.2 Å². The molecule has 26 heteroatoms. The fraction of sp³-hybridized carbons (Fsp3) is 0.103. The average molecular weight is 2090 g/mol. The van der Waals surface area contributed by atoms with E-state index in [0.717, 1.165) is 110 Å². The lowest BCUT2D eigenvalue weighted by Crippen LogP contribution is -2.18. The van der Waals surface area contributed by atoms with Gasteiger partial charge >= 0.3 is 11.4 Å². The molecule has 0 fully saturated rings. The smallest absolute Gasteiger partial charge is 0.403 e. The summed E-state index contributed by atoms with van der Waals surface area (Å²) in [5.74, 6) is 16.9. The first kappa shape index (κ1) is 97.2. The van der Waals surface area contributed by atoms with Crippen LogP contribution in [0.15, 0.2) is 264 Å². The number of hydrogen-bond donors (Lipinski definition) is 1. The van der Waals surface area contributed by atoms with Crippen molar-refractivity contribution in [2.75, 3.05) is 63.9 Å². The summed E-state index contributed by atoms with van der Waals surface area (Å²) >= 11 is 20.7. The highest BCUT2D eigenvalue weighted by molar-refractivity contribution is 14.1. The van der Waals surface area contributed by atoms with Crippen molar-refractivity contribution in [1.82, 2.24) is 5.32 Å². The van der Waals surface area contributed by atoms with Crippen molar-refractivity contribution < 1.29 is 78.6 Å². The molecule has 0 aliphatic rings. The minimum atomic E-state index is -0.773. The molecule has 12 aromatic carbocycles. The third kappa shape index (κ3) is 28.9. The molecule has 0 aliphatic heterocycles. The molecule has 1 N–H and O–H groups in total. The third-order valence-corrected chi connectivity index (χ3v) is 25.4. The lowest BCUT2D eigenvalue weighted by atomic mass is 10.0. The van der Waals surface area contributed by atoms with Crippen LogP contribution in [0.2, 0.25) is 0 Å². The van der Waals surface area contributed by atoms with E-state index < -0.39 is 11.4 Å².